The van der Waals surface area contributed by atoms with E-state index in [1.807, 2.05) is 54.3 Å². The number of rotatable bonds is 8. The molecule has 0 aliphatic carbocycles. The van der Waals surface area contributed by atoms with Crippen molar-refractivity contribution >= 4 is 11.8 Å². The number of piperidine rings is 1. The number of benzene rings is 2. The summed E-state index contributed by atoms with van der Waals surface area (Å²) in [5, 5.41) is 7.23. The predicted octanol–water partition coefficient (Wildman–Crippen LogP) is 3.70. The van der Waals surface area contributed by atoms with Crippen LogP contribution in [0.4, 0.5) is 0 Å². The maximum absolute atomic E-state index is 12.8. The number of hydrogen-bond donors (Lipinski definition) is 1. The lowest BCUT2D eigenvalue weighted by Gasteiger charge is -2.30. The van der Waals surface area contributed by atoms with E-state index in [-0.39, 0.29) is 17.7 Å². The fraction of sp³-hybridized carbons (Fsp3) is 0.429. The van der Waals surface area contributed by atoms with Crippen molar-refractivity contribution in [2.24, 2.45) is 5.92 Å². The minimum atomic E-state index is 0.0115. The monoisotopic (exact) mass is 487 g/mol. The molecule has 188 valence electrons. The second-order valence-corrected chi connectivity index (χ2v) is 9.88. The number of carbonyl (C=O) groups is 2. The first kappa shape index (κ1) is 24.2. The number of hydrogen-bond acceptors (Lipinski definition) is 6. The zero-order valence-electron chi connectivity index (χ0n) is 20.8. The maximum Gasteiger partial charge on any atom is 0.241 e. The lowest BCUT2D eigenvalue weighted by Crippen LogP contribution is -2.40. The van der Waals surface area contributed by atoms with E-state index in [0.717, 1.165) is 55.6 Å². The maximum atomic E-state index is 12.8. The van der Waals surface area contributed by atoms with Gasteiger partial charge in [-0.3, -0.25) is 14.5 Å². The molecule has 0 saturated carbocycles. The molecular weight excluding hydrogens is 454 g/mol. The van der Waals surface area contributed by atoms with Crippen LogP contribution >= 0.6 is 0 Å². The van der Waals surface area contributed by atoms with Gasteiger partial charge in [-0.2, -0.15) is 4.98 Å². The Bertz CT molecular complexity index is 1200. The fourth-order valence-electron chi connectivity index (χ4n) is 4.95. The Morgan fingerprint density at radius 1 is 1.06 bits per heavy atom. The lowest BCUT2D eigenvalue weighted by molar-refractivity contribution is -0.128. The minimum absolute atomic E-state index is 0.0115. The largest absolute Gasteiger partial charge is 0.352 e. The van der Waals surface area contributed by atoms with Gasteiger partial charge in [0, 0.05) is 37.5 Å². The van der Waals surface area contributed by atoms with Crippen molar-refractivity contribution in [3.8, 4) is 11.4 Å². The first-order valence-electron chi connectivity index (χ1n) is 12.8. The van der Waals surface area contributed by atoms with Crippen molar-refractivity contribution in [1.82, 2.24) is 25.3 Å². The van der Waals surface area contributed by atoms with Crippen molar-refractivity contribution in [1.29, 1.82) is 0 Å². The van der Waals surface area contributed by atoms with Crippen LogP contribution in [0.3, 0.4) is 0 Å². The van der Waals surface area contributed by atoms with Crippen LogP contribution in [-0.4, -0.2) is 51.4 Å². The molecule has 2 aliphatic rings. The van der Waals surface area contributed by atoms with Crippen molar-refractivity contribution in [3.63, 3.8) is 0 Å². The summed E-state index contributed by atoms with van der Waals surface area (Å²) in [6.07, 6.45) is 3.21. The molecule has 2 fully saturated rings. The van der Waals surface area contributed by atoms with E-state index >= 15 is 0 Å². The van der Waals surface area contributed by atoms with Crippen molar-refractivity contribution < 1.29 is 14.1 Å². The summed E-state index contributed by atoms with van der Waals surface area (Å²) in [6.45, 7) is 6.27. The molecule has 1 N–H and O–H groups in total. The Kier molecular flexibility index (Phi) is 7.41. The van der Waals surface area contributed by atoms with Gasteiger partial charge in [0.05, 0.1) is 6.54 Å². The summed E-state index contributed by atoms with van der Waals surface area (Å²) in [5.41, 5.74) is 4.31. The van der Waals surface area contributed by atoms with E-state index in [1.165, 1.54) is 5.56 Å². The van der Waals surface area contributed by atoms with E-state index in [2.05, 4.69) is 26.4 Å². The third-order valence-electron chi connectivity index (χ3n) is 7.10. The van der Waals surface area contributed by atoms with E-state index in [1.54, 1.807) is 0 Å². The van der Waals surface area contributed by atoms with Crippen LogP contribution in [-0.2, 0) is 29.2 Å². The van der Waals surface area contributed by atoms with Gasteiger partial charge in [0.2, 0.25) is 23.5 Å². The first-order valence-corrected chi connectivity index (χ1v) is 12.8. The number of likely N-dealkylation sites (tertiary alicyclic amines) is 2. The molecule has 2 saturated heterocycles. The number of nitrogens with one attached hydrogen (secondary N) is 1. The number of nitrogens with zero attached hydrogens (tertiary/aromatic N) is 4. The Labute approximate surface area is 211 Å². The summed E-state index contributed by atoms with van der Waals surface area (Å²) in [6, 6.07) is 16.2. The van der Waals surface area contributed by atoms with Crippen LogP contribution in [0.25, 0.3) is 11.4 Å². The second kappa shape index (κ2) is 11.0. The van der Waals surface area contributed by atoms with Gasteiger partial charge in [0.15, 0.2) is 0 Å². The Hall–Kier alpha value is -3.52. The molecule has 5 rings (SSSR count). The number of aromatic nitrogens is 2. The topological polar surface area (TPSA) is 91.6 Å². The van der Waals surface area contributed by atoms with Crippen molar-refractivity contribution in [2.45, 2.75) is 52.2 Å². The van der Waals surface area contributed by atoms with Gasteiger partial charge in [-0.1, -0.05) is 59.3 Å². The summed E-state index contributed by atoms with van der Waals surface area (Å²) in [5.74, 6) is 1.55. The first-order chi connectivity index (χ1) is 17.5. The predicted molar refractivity (Wildman–Crippen MR) is 135 cm³/mol. The molecule has 2 amide bonds. The molecule has 0 unspecified atom stereocenters. The van der Waals surface area contributed by atoms with Crippen LogP contribution in [0.5, 0.6) is 0 Å². The highest BCUT2D eigenvalue weighted by molar-refractivity contribution is 5.79. The number of aryl methyl sites for hydroxylation is 1. The summed E-state index contributed by atoms with van der Waals surface area (Å²) >= 11 is 0. The van der Waals surface area contributed by atoms with Crippen molar-refractivity contribution in [3.05, 3.63) is 71.1 Å². The van der Waals surface area contributed by atoms with Gasteiger partial charge in [0.25, 0.3) is 0 Å². The molecule has 3 aromatic rings. The molecule has 8 heteroatoms. The Morgan fingerprint density at radius 2 is 1.83 bits per heavy atom. The third-order valence-corrected chi connectivity index (χ3v) is 7.10. The normalized spacial score (nSPS) is 17.0. The molecule has 2 aromatic carbocycles. The highest BCUT2D eigenvalue weighted by Gasteiger charge is 2.26. The van der Waals surface area contributed by atoms with Crippen LogP contribution in [0.2, 0.25) is 0 Å². The summed E-state index contributed by atoms with van der Waals surface area (Å²) in [7, 11) is 0. The molecule has 0 radical (unpaired) electrons. The summed E-state index contributed by atoms with van der Waals surface area (Å²) < 4.78 is 5.47. The van der Waals surface area contributed by atoms with Crippen LogP contribution < -0.4 is 5.32 Å². The van der Waals surface area contributed by atoms with Gasteiger partial charge in [-0.05, 0) is 50.4 Å². The number of carbonyl (C=O) groups excluding carboxylic acids is 2. The van der Waals surface area contributed by atoms with Gasteiger partial charge in [0.1, 0.15) is 0 Å². The Balaban J connectivity index is 1.07. The SMILES string of the molecule is Cc1ccc(-c2noc(CN3CCC(C(=O)NCc4cccc(CN5CCCC5=O)c4)CC3)n2)cc1. The molecule has 0 atom stereocenters. The number of amides is 2. The quantitative estimate of drug-likeness (QED) is 0.521. The van der Waals surface area contributed by atoms with Gasteiger partial charge >= 0.3 is 0 Å². The molecule has 0 bridgehead atoms. The molecule has 8 nitrogen and oxygen atoms in total. The van der Waals surface area contributed by atoms with E-state index < -0.39 is 0 Å². The average molecular weight is 488 g/mol. The van der Waals surface area contributed by atoms with Gasteiger partial charge in [-0.25, -0.2) is 0 Å². The van der Waals surface area contributed by atoms with Gasteiger partial charge in [-0.15, -0.1) is 0 Å². The molecular formula is C28H33N5O3. The summed E-state index contributed by atoms with van der Waals surface area (Å²) in [4.78, 5) is 33.4. The van der Waals surface area contributed by atoms with E-state index in [9.17, 15) is 9.59 Å². The smallest absolute Gasteiger partial charge is 0.241 e. The van der Waals surface area contributed by atoms with Crippen LogP contribution in [0, 0.1) is 12.8 Å². The fourth-order valence-corrected chi connectivity index (χ4v) is 4.95. The highest BCUT2D eigenvalue weighted by atomic mass is 16.5. The third kappa shape index (κ3) is 5.99. The zero-order valence-corrected chi connectivity index (χ0v) is 20.8. The lowest BCUT2D eigenvalue weighted by atomic mass is 9.96. The molecule has 2 aliphatic heterocycles. The standard InChI is InChI=1S/C28H33N5O3/c1-20-7-9-23(10-8-20)27-30-25(36-31-27)19-32-14-11-24(12-15-32)28(35)29-17-21-4-2-5-22(16-21)18-33-13-3-6-26(33)34/h2,4-5,7-10,16,24H,3,6,11-15,17-19H2,1H3,(H,29,35). The van der Waals surface area contributed by atoms with E-state index in [4.69, 9.17) is 4.52 Å². The molecule has 0 spiro atoms. The minimum Gasteiger partial charge on any atom is -0.352 e. The molecule has 36 heavy (non-hydrogen) atoms. The average Bonchev–Trinajstić information content (AvgIpc) is 3.52. The van der Waals surface area contributed by atoms with Gasteiger partial charge < -0.3 is 14.7 Å². The molecule has 3 heterocycles. The van der Waals surface area contributed by atoms with Crippen molar-refractivity contribution in [2.75, 3.05) is 19.6 Å². The molecule has 1 aromatic heterocycles. The van der Waals surface area contributed by atoms with Crippen LogP contribution in [0.1, 0.15) is 48.3 Å². The second-order valence-electron chi connectivity index (χ2n) is 9.88. The van der Waals surface area contributed by atoms with E-state index in [0.29, 0.717) is 37.8 Å². The Morgan fingerprint density at radius 3 is 2.58 bits per heavy atom. The van der Waals surface area contributed by atoms with Crippen LogP contribution in [0.15, 0.2) is 53.1 Å². The highest BCUT2D eigenvalue weighted by Crippen LogP contribution is 2.21. The zero-order chi connectivity index (χ0) is 24.9.